The number of aryl methyl sites for hydroxylation is 1. The molecule has 5 nitrogen and oxygen atoms in total. The number of aromatic nitrogens is 1. The van der Waals surface area contributed by atoms with E-state index in [1.807, 2.05) is 45.9 Å². The minimum absolute atomic E-state index is 0.303. The van der Waals surface area contributed by atoms with Crippen LogP contribution in [0.15, 0.2) is 18.2 Å². The molecule has 1 saturated heterocycles. The minimum Gasteiger partial charge on any atom is -0.444 e. The van der Waals surface area contributed by atoms with Gasteiger partial charge in [-0.3, -0.25) is 4.98 Å². The lowest BCUT2D eigenvalue weighted by atomic mass is 9.87. The number of amides is 1. The maximum absolute atomic E-state index is 12.0. The van der Waals surface area contributed by atoms with Gasteiger partial charge in [0.05, 0.1) is 5.60 Å². The van der Waals surface area contributed by atoms with Crippen molar-refractivity contribution in [2.24, 2.45) is 0 Å². The Morgan fingerprint density at radius 3 is 2.55 bits per heavy atom. The number of carbonyl (C=O) groups excluding carboxylic acids is 1. The third-order valence-electron chi connectivity index (χ3n) is 3.80. The molecule has 122 valence electrons. The van der Waals surface area contributed by atoms with Crippen LogP contribution in [0.2, 0.25) is 0 Å². The van der Waals surface area contributed by atoms with E-state index in [1.54, 1.807) is 4.90 Å². The van der Waals surface area contributed by atoms with E-state index >= 15 is 0 Å². The summed E-state index contributed by atoms with van der Waals surface area (Å²) < 4.78 is 5.37. The van der Waals surface area contributed by atoms with Crippen LogP contribution in [0, 0.1) is 6.92 Å². The highest BCUT2D eigenvalue weighted by atomic mass is 16.6. The van der Waals surface area contributed by atoms with Crippen LogP contribution in [0.5, 0.6) is 0 Å². The van der Waals surface area contributed by atoms with Crippen LogP contribution >= 0.6 is 0 Å². The number of piperidine rings is 1. The first-order valence-electron chi connectivity index (χ1n) is 7.80. The predicted octanol–water partition coefficient (Wildman–Crippen LogP) is 2.69. The Kier molecular flexibility index (Phi) is 4.75. The standard InChI is InChI=1S/C17H26N2O3/c1-13-6-5-7-14(18-13)12-17(21)8-10-19(11-9-17)15(20)22-16(2,3)4/h5-7,21H,8-12H2,1-4H3. The van der Waals surface area contributed by atoms with E-state index in [-0.39, 0.29) is 6.09 Å². The second kappa shape index (κ2) is 6.24. The maximum atomic E-state index is 12.0. The Bertz CT molecular complexity index is 529. The Hall–Kier alpha value is -1.62. The number of likely N-dealkylation sites (tertiary alicyclic amines) is 1. The molecule has 5 heteroatoms. The monoisotopic (exact) mass is 306 g/mol. The molecule has 22 heavy (non-hydrogen) atoms. The molecule has 0 radical (unpaired) electrons. The largest absolute Gasteiger partial charge is 0.444 e. The molecule has 2 rings (SSSR count). The Labute approximate surface area is 132 Å². The highest BCUT2D eigenvalue weighted by Crippen LogP contribution is 2.26. The number of carbonyl (C=O) groups is 1. The van der Waals surface area contributed by atoms with Crippen LogP contribution < -0.4 is 0 Å². The summed E-state index contributed by atoms with van der Waals surface area (Å²) in [6.45, 7) is 8.53. The lowest BCUT2D eigenvalue weighted by Crippen LogP contribution is -2.49. The normalized spacial score (nSPS) is 18.1. The van der Waals surface area contributed by atoms with Gasteiger partial charge in [-0.2, -0.15) is 0 Å². The number of pyridine rings is 1. The van der Waals surface area contributed by atoms with Gasteiger partial charge in [-0.05, 0) is 52.7 Å². The van der Waals surface area contributed by atoms with Crippen molar-refractivity contribution in [3.8, 4) is 0 Å². The van der Waals surface area contributed by atoms with Gasteiger partial charge in [0.1, 0.15) is 5.60 Å². The van der Waals surface area contributed by atoms with Crippen LogP contribution in [0.3, 0.4) is 0 Å². The van der Waals surface area contributed by atoms with Crippen molar-refractivity contribution in [2.75, 3.05) is 13.1 Å². The van der Waals surface area contributed by atoms with E-state index < -0.39 is 11.2 Å². The van der Waals surface area contributed by atoms with E-state index in [0.717, 1.165) is 11.4 Å². The van der Waals surface area contributed by atoms with Gasteiger partial charge in [-0.25, -0.2) is 4.79 Å². The Morgan fingerprint density at radius 2 is 2.00 bits per heavy atom. The molecule has 0 atom stereocenters. The second-order valence-electron chi connectivity index (χ2n) is 7.14. The maximum Gasteiger partial charge on any atom is 0.410 e. The lowest BCUT2D eigenvalue weighted by molar-refractivity contribution is -0.0319. The van der Waals surface area contributed by atoms with E-state index in [2.05, 4.69) is 4.98 Å². The molecule has 2 heterocycles. The van der Waals surface area contributed by atoms with Crippen LogP contribution in [-0.4, -0.2) is 45.4 Å². The fourth-order valence-corrected chi connectivity index (χ4v) is 2.64. The fraction of sp³-hybridized carbons (Fsp3) is 0.647. The smallest absolute Gasteiger partial charge is 0.410 e. The van der Waals surface area contributed by atoms with Gasteiger partial charge in [-0.15, -0.1) is 0 Å². The van der Waals surface area contributed by atoms with Crippen LogP contribution in [-0.2, 0) is 11.2 Å². The molecule has 0 unspecified atom stereocenters. The molecule has 1 amide bonds. The summed E-state index contributed by atoms with van der Waals surface area (Å²) in [6, 6.07) is 5.83. The van der Waals surface area contributed by atoms with Crippen LogP contribution in [0.25, 0.3) is 0 Å². The Balaban J connectivity index is 1.91. The van der Waals surface area contributed by atoms with Gasteiger partial charge in [0.2, 0.25) is 0 Å². The minimum atomic E-state index is -0.792. The molecule has 1 aromatic rings. The SMILES string of the molecule is Cc1cccc(CC2(O)CCN(C(=O)OC(C)(C)C)CC2)n1. The summed E-state index contributed by atoms with van der Waals surface area (Å²) in [7, 11) is 0. The van der Waals surface area contributed by atoms with Gasteiger partial charge in [-0.1, -0.05) is 6.07 Å². The van der Waals surface area contributed by atoms with Gasteiger partial charge in [0.15, 0.2) is 0 Å². The number of nitrogens with zero attached hydrogens (tertiary/aromatic N) is 2. The molecule has 1 N–H and O–H groups in total. The average Bonchev–Trinajstić information content (AvgIpc) is 2.36. The van der Waals surface area contributed by atoms with E-state index in [4.69, 9.17) is 4.74 Å². The molecule has 0 bridgehead atoms. The third-order valence-corrected chi connectivity index (χ3v) is 3.80. The molecule has 0 aliphatic carbocycles. The summed E-state index contributed by atoms with van der Waals surface area (Å²) in [5.74, 6) is 0. The third kappa shape index (κ3) is 4.70. The quantitative estimate of drug-likeness (QED) is 0.912. The average molecular weight is 306 g/mol. The molecule has 1 aliphatic rings. The topological polar surface area (TPSA) is 62.7 Å². The molecule has 1 aliphatic heterocycles. The van der Waals surface area contributed by atoms with Gasteiger partial charge >= 0.3 is 6.09 Å². The van der Waals surface area contributed by atoms with E-state index in [9.17, 15) is 9.90 Å². The summed E-state index contributed by atoms with van der Waals surface area (Å²) in [5.41, 5.74) is 0.566. The van der Waals surface area contributed by atoms with Crippen molar-refractivity contribution in [1.29, 1.82) is 0 Å². The van der Waals surface area contributed by atoms with Gasteiger partial charge in [0.25, 0.3) is 0 Å². The highest BCUT2D eigenvalue weighted by molar-refractivity contribution is 5.68. The predicted molar refractivity (Wildman–Crippen MR) is 84.7 cm³/mol. The van der Waals surface area contributed by atoms with E-state index in [1.165, 1.54) is 0 Å². The zero-order valence-electron chi connectivity index (χ0n) is 13.9. The molecule has 0 aromatic carbocycles. The first-order chi connectivity index (χ1) is 10.2. The summed E-state index contributed by atoms with van der Waals surface area (Å²) in [5, 5.41) is 10.7. The van der Waals surface area contributed by atoms with Crippen molar-refractivity contribution in [2.45, 2.75) is 58.2 Å². The number of rotatable bonds is 2. The first-order valence-corrected chi connectivity index (χ1v) is 7.80. The zero-order chi connectivity index (χ0) is 16.4. The summed E-state index contributed by atoms with van der Waals surface area (Å²) in [4.78, 5) is 18.2. The van der Waals surface area contributed by atoms with Crippen LogP contribution in [0.1, 0.15) is 45.0 Å². The number of aliphatic hydroxyl groups is 1. The summed E-state index contributed by atoms with van der Waals surface area (Å²) in [6.07, 6.45) is 1.31. The molecular formula is C17H26N2O3. The summed E-state index contributed by atoms with van der Waals surface area (Å²) >= 11 is 0. The van der Waals surface area contributed by atoms with Crippen molar-refractivity contribution >= 4 is 6.09 Å². The van der Waals surface area contributed by atoms with Crippen molar-refractivity contribution in [3.63, 3.8) is 0 Å². The first kappa shape index (κ1) is 16.7. The van der Waals surface area contributed by atoms with E-state index in [0.29, 0.717) is 32.4 Å². The number of ether oxygens (including phenoxy) is 1. The lowest BCUT2D eigenvalue weighted by Gasteiger charge is -2.38. The molecule has 1 fully saturated rings. The van der Waals surface area contributed by atoms with Crippen molar-refractivity contribution < 1.29 is 14.6 Å². The van der Waals surface area contributed by atoms with Crippen molar-refractivity contribution in [1.82, 2.24) is 9.88 Å². The second-order valence-corrected chi connectivity index (χ2v) is 7.14. The van der Waals surface area contributed by atoms with Gasteiger partial charge in [0, 0.05) is 30.9 Å². The van der Waals surface area contributed by atoms with Gasteiger partial charge < -0.3 is 14.7 Å². The zero-order valence-corrected chi connectivity index (χ0v) is 13.9. The molecule has 1 aromatic heterocycles. The molecule has 0 saturated carbocycles. The number of hydrogen-bond acceptors (Lipinski definition) is 4. The molecular weight excluding hydrogens is 280 g/mol. The number of hydrogen-bond donors (Lipinski definition) is 1. The highest BCUT2D eigenvalue weighted by Gasteiger charge is 2.35. The van der Waals surface area contributed by atoms with Crippen LogP contribution in [0.4, 0.5) is 4.79 Å². The Morgan fingerprint density at radius 1 is 1.36 bits per heavy atom. The van der Waals surface area contributed by atoms with Crippen molar-refractivity contribution in [3.05, 3.63) is 29.6 Å². The fourth-order valence-electron chi connectivity index (χ4n) is 2.64. The molecule has 0 spiro atoms.